The molecule has 0 bridgehead atoms. The number of rotatable bonds is 6. The van der Waals surface area contributed by atoms with Crippen LogP contribution in [-0.4, -0.2) is 74.9 Å². The molecule has 2 aliphatic rings. The van der Waals surface area contributed by atoms with Gasteiger partial charge in [-0.3, -0.25) is 9.69 Å². The van der Waals surface area contributed by atoms with Crippen molar-refractivity contribution in [3.8, 4) is 5.75 Å². The van der Waals surface area contributed by atoms with E-state index in [4.69, 9.17) is 14.2 Å². The average molecular weight is 338 g/mol. The highest BCUT2D eigenvalue weighted by Gasteiger charge is 2.42. The maximum Gasteiger partial charge on any atom is 0.249 e. The number of hydrogen-bond donors (Lipinski definition) is 0. The molecule has 0 N–H and O–H groups in total. The molecule has 0 aliphatic carbocycles. The molecule has 6 nitrogen and oxygen atoms in total. The van der Waals surface area contributed by atoms with Crippen molar-refractivity contribution >= 4 is 5.91 Å². The van der Waals surface area contributed by atoms with Gasteiger partial charge < -0.3 is 19.1 Å². The molecule has 1 aromatic rings. The topological polar surface area (TPSA) is 51.2 Å². The summed E-state index contributed by atoms with van der Waals surface area (Å²) in [5.41, 5.74) is 0.586. The van der Waals surface area contributed by atoms with Crippen LogP contribution in [0, 0.1) is 5.82 Å². The smallest absolute Gasteiger partial charge is 0.249 e. The predicted octanol–water partition coefficient (Wildman–Crippen LogP) is 0.892. The molecular formula is C17H23FN2O4. The van der Waals surface area contributed by atoms with Crippen LogP contribution in [0.5, 0.6) is 5.75 Å². The van der Waals surface area contributed by atoms with E-state index in [-0.39, 0.29) is 36.2 Å². The highest BCUT2D eigenvalue weighted by molar-refractivity contribution is 5.78. The minimum absolute atomic E-state index is 0.00457. The van der Waals surface area contributed by atoms with E-state index in [1.165, 1.54) is 7.11 Å². The van der Waals surface area contributed by atoms with E-state index >= 15 is 0 Å². The molecule has 1 aromatic carbocycles. The molecule has 2 heterocycles. The van der Waals surface area contributed by atoms with Crippen LogP contribution in [0.4, 0.5) is 4.39 Å². The van der Waals surface area contributed by atoms with E-state index in [2.05, 4.69) is 4.90 Å². The second kappa shape index (κ2) is 7.46. The number of ether oxygens (including phenoxy) is 3. The second-order valence-electron chi connectivity index (χ2n) is 6.12. The van der Waals surface area contributed by atoms with Crippen LogP contribution in [0.15, 0.2) is 18.2 Å². The van der Waals surface area contributed by atoms with Crippen LogP contribution in [-0.2, 0) is 20.8 Å². The number of benzene rings is 1. The van der Waals surface area contributed by atoms with Gasteiger partial charge in [-0.05, 0) is 6.07 Å². The fourth-order valence-electron chi connectivity index (χ4n) is 3.43. The summed E-state index contributed by atoms with van der Waals surface area (Å²) in [7, 11) is 3.08. The van der Waals surface area contributed by atoms with Gasteiger partial charge in [0.15, 0.2) is 11.6 Å². The fraction of sp³-hybridized carbons (Fsp3) is 0.588. The Labute approximate surface area is 141 Å². The first kappa shape index (κ1) is 17.1. The van der Waals surface area contributed by atoms with Gasteiger partial charge in [-0.25, -0.2) is 4.39 Å². The molecule has 2 saturated heterocycles. The van der Waals surface area contributed by atoms with E-state index in [9.17, 15) is 9.18 Å². The van der Waals surface area contributed by atoms with Crippen LogP contribution in [0.3, 0.4) is 0 Å². The zero-order valence-corrected chi connectivity index (χ0v) is 14.0. The first-order valence-electron chi connectivity index (χ1n) is 8.07. The third-order valence-corrected chi connectivity index (χ3v) is 4.65. The molecule has 0 radical (unpaired) electrons. The Morgan fingerprint density at radius 2 is 2.17 bits per heavy atom. The minimum Gasteiger partial charge on any atom is -0.494 e. The van der Waals surface area contributed by atoms with Crippen molar-refractivity contribution < 1.29 is 23.4 Å². The van der Waals surface area contributed by atoms with Crippen LogP contribution in [0.1, 0.15) is 5.56 Å². The van der Waals surface area contributed by atoms with E-state index in [0.29, 0.717) is 38.3 Å². The summed E-state index contributed by atoms with van der Waals surface area (Å²) in [5.74, 6) is -0.0944. The number of amides is 1. The summed E-state index contributed by atoms with van der Waals surface area (Å²) < 4.78 is 30.1. The monoisotopic (exact) mass is 338 g/mol. The van der Waals surface area contributed by atoms with Gasteiger partial charge >= 0.3 is 0 Å². The van der Waals surface area contributed by atoms with Gasteiger partial charge in [-0.1, -0.05) is 12.1 Å². The second-order valence-corrected chi connectivity index (χ2v) is 6.12. The van der Waals surface area contributed by atoms with Gasteiger partial charge in [0.2, 0.25) is 5.91 Å². The Morgan fingerprint density at radius 3 is 2.92 bits per heavy atom. The van der Waals surface area contributed by atoms with Gasteiger partial charge in [-0.15, -0.1) is 0 Å². The van der Waals surface area contributed by atoms with E-state index in [1.807, 2.05) is 4.90 Å². The molecule has 24 heavy (non-hydrogen) atoms. The number of carbonyl (C=O) groups is 1. The normalized spacial score (nSPS) is 24.3. The SMILES string of the molecule is COCCN1C(=O)CO[C@H]2CN(Cc3cccc(OC)c3F)C[C@@H]21. The standard InChI is InChI=1S/C17H23FN2O4/c1-22-7-6-20-13-9-19(10-15(13)24-11-16(20)21)8-12-4-3-5-14(23-2)17(12)18/h3-5,13,15H,6-11H2,1-2H3/t13-,15-/m0/s1. The Kier molecular flexibility index (Phi) is 5.33. The molecule has 2 fully saturated rings. The molecule has 0 aromatic heterocycles. The fourth-order valence-corrected chi connectivity index (χ4v) is 3.43. The molecule has 7 heteroatoms. The van der Waals surface area contributed by atoms with Crippen molar-refractivity contribution in [3.63, 3.8) is 0 Å². The molecule has 2 aliphatic heterocycles. The number of morpholine rings is 1. The molecule has 0 unspecified atom stereocenters. The van der Waals surface area contributed by atoms with Gasteiger partial charge in [0.1, 0.15) is 6.61 Å². The summed E-state index contributed by atoms with van der Waals surface area (Å²) >= 11 is 0. The number of hydrogen-bond acceptors (Lipinski definition) is 5. The summed E-state index contributed by atoms with van der Waals surface area (Å²) in [4.78, 5) is 16.0. The van der Waals surface area contributed by atoms with Crippen molar-refractivity contribution in [2.24, 2.45) is 0 Å². The highest BCUT2D eigenvalue weighted by Crippen LogP contribution is 2.27. The Hall–Kier alpha value is -1.70. The zero-order chi connectivity index (χ0) is 17.1. The summed E-state index contributed by atoms with van der Waals surface area (Å²) in [5, 5.41) is 0. The number of nitrogens with zero attached hydrogens (tertiary/aromatic N) is 2. The van der Waals surface area contributed by atoms with Crippen LogP contribution in [0.25, 0.3) is 0 Å². The molecular weight excluding hydrogens is 315 g/mol. The maximum atomic E-state index is 14.3. The third-order valence-electron chi connectivity index (χ3n) is 4.65. The Balaban J connectivity index is 1.69. The maximum absolute atomic E-state index is 14.3. The summed E-state index contributed by atoms with van der Waals surface area (Å²) in [6.07, 6.45) is -0.0341. The zero-order valence-electron chi connectivity index (χ0n) is 14.0. The van der Waals surface area contributed by atoms with Gasteiger partial charge in [0.25, 0.3) is 0 Å². The summed E-state index contributed by atoms with van der Waals surface area (Å²) in [6, 6.07) is 5.14. The van der Waals surface area contributed by atoms with Crippen molar-refractivity contribution in [2.45, 2.75) is 18.7 Å². The Morgan fingerprint density at radius 1 is 1.33 bits per heavy atom. The molecule has 3 rings (SSSR count). The van der Waals surface area contributed by atoms with Crippen molar-refractivity contribution in [1.29, 1.82) is 0 Å². The number of fused-ring (bicyclic) bond motifs is 1. The lowest BCUT2D eigenvalue weighted by atomic mass is 10.1. The first-order chi connectivity index (χ1) is 11.6. The Bertz CT molecular complexity index is 598. The molecule has 132 valence electrons. The van der Waals surface area contributed by atoms with Gasteiger partial charge in [-0.2, -0.15) is 0 Å². The van der Waals surface area contributed by atoms with Crippen molar-refractivity contribution in [2.75, 3.05) is 47.1 Å². The van der Waals surface area contributed by atoms with Gasteiger partial charge in [0.05, 0.1) is 25.9 Å². The first-order valence-corrected chi connectivity index (χ1v) is 8.07. The highest BCUT2D eigenvalue weighted by atomic mass is 19.1. The average Bonchev–Trinajstić information content (AvgIpc) is 2.99. The predicted molar refractivity (Wildman–Crippen MR) is 85.3 cm³/mol. The van der Waals surface area contributed by atoms with Crippen LogP contribution >= 0.6 is 0 Å². The largest absolute Gasteiger partial charge is 0.494 e. The lowest BCUT2D eigenvalue weighted by molar-refractivity contribution is -0.153. The lowest BCUT2D eigenvalue weighted by Gasteiger charge is -2.36. The number of likely N-dealkylation sites (tertiary alicyclic amines) is 1. The van der Waals surface area contributed by atoms with Crippen LogP contribution < -0.4 is 4.74 Å². The number of carbonyl (C=O) groups excluding carboxylic acids is 1. The van der Waals surface area contributed by atoms with Crippen molar-refractivity contribution in [3.05, 3.63) is 29.6 Å². The van der Waals surface area contributed by atoms with E-state index < -0.39 is 0 Å². The summed E-state index contributed by atoms with van der Waals surface area (Å²) in [6.45, 7) is 2.97. The minimum atomic E-state index is -0.330. The van der Waals surface area contributed by atoms with Gasteiger partial charge in [0, 0.05) is 38.9 Å². The molecule has 2 atom stereocenters. The number of methoxy groups -OCH3 is 2. The third kappa shape index (κ3) is 3.38. The van der Waals surface area contributed by atoms with E-state index in [1.54, 1.807) is 25.3 Å². The van der Waals surface area contributed by atoms with E-state index in [0.717, 1.165) is 0 Å². The lowest BCUT2D eigenvalue weighted by Crippen LogP contribution is -2.54. The quantitative estimate of drug-likeness (QED) is 0.771. The molecule has 0 spiro atoms. The van der Waals surface area contributed by atoms with Crippen molar-refractivity contribution in [1.82, 2.24) is 9.80 Å². The number of halogens is 1. The molecule has 1 amide bonds. The molecule has 0 saturated carbocycles. The van der Waals surface area contributed by atoms with Crippen LogP contribution in [0.2, 0.25) is 0 Å².